The van der Waals surface area contributed by atoms with E-state index in [2.05, 4.69) is 46.2 Å². The summed E-state index contributed by atoms with van der Waals surface area (Å²) in [4.78, 5) is 6.70. The lowest BCUT2D eigenvalue weighted by atomic mass is 10.2. The number of anilines is 1. The van der Waals surface area contributed by atoms with E-state index in [4.69, 9.17) is 5.73 Å². The minimum absolute atomic E-state index is 0.699. The maximum Gasteiger partial charge on any atom is 0.146 e. The number of nitrogens with zero attached hydrogens (tertiary/aromatic N) is 4. The molecule has 0 bridgehead atoms. The lowest BCUT2D eigenvalue weighted by molar-refractivity contribution is 0.559. The molecule has 1 aromatic heterocycles. The van der Waals surface area contributed by atoms with Crippen molar-refractivity contribution in [1.29, 1.82) is 0 Å². The predicted octanol–water partition coefficient (Wildman–Crippen LogP) is 2.04. The van der Waals surface area contributed by atoms with E-state index in [1.807, 2.05) is 10.7 Å². The van der Waals surface area contributed by atoms with Gasteiger partial charge in [-0.05, 0) is 31.5 Å². The molecule has 0 fully saturated rings. The highest BCUT2D eigenvalue weighted by Crippen LogP contribution is 2.16. The molecule has 20 heavy (non-hydrogen) atoms. The Labute approximate surface area is 120 Å². The second kappa shape index (κ2) is 7.65. The van der Waals surface area contributed by atoms with Crippen LogP contribution in [0.3, 0.4) is 0 Å². The average molecular weight is 273 g/mol. The highest BCUT2D eigenvalue weighted by molar-refractivity contribution is 5.45. The number of benzene rings is 1. The van der Waals surface area contributed by atoms with Gasteiger partial charge in [0.25, 0.3) is 0 Å². The molecule has 2 rings (SSSR count). The fraction of sp³-hybridized carbons (Fsp3) is 0.467. The SMILES string of the molecule is CCCn1ncnc1CN(CCCN)c1ccccc1. The largest absolute Gasteiger partial charge is 0.364 e. The van der Waals surface area contributed by atoms with Crippen molar-refractivity contribution in [2.75, 3.05) is 18.0 Å². The lowest BCUT2D eigenvalue weighted by Gasteiger charge is -2.24. The van der Waals surface area contributed by atoms with Crippen LogP contribution in [-0.4, -0.2) is 27.9 Å². The van der Waals surface area contributed by atoms with Gasteiger partial charge in [0.15, 0.2) is 0 Å². The van der Waals surface area contributed by atoms with Gasteiger partial charge < -0.3 is 10.6 Å². The molecule has 1 heterocycles. The number of aryl methyl sites for hydroxylation is 1. The van der Waals surface area contributed by atoms with Crippen molar-refractivity contribution in [2.24, 2.45) is 5.73 Å². The standard InChI is InChI=1S/C15H23N5/c1-2-10-20-15(17-13-18-20)12-19(11-6-9-16)14-7-4-3-5-8-14/h3-5,7-8,13H,2,6,9-12,16H2,1H3. The number of rotatable bonds is 8. The van der Waals surface area contributed by atoms with Crippen LogP contribution in [-0.2, 0) is 13.1 Å². The Balaban J connectivity index is 2.13. The molecule has 1 aromatic carbocycles. The zero-order valence-electron chi connectivity index (χ0n) is 12.1. The van der Waals surface area contributed by atoms with Crippen molar-refractivity contribution in [3.63, 3.8) is 0 Å². The van der Waals surface area contributed by atoms with Gasteiger partial charge in [-0.25, -0.2) is 9.67 Å². The molecule has 0 saturated carbocycles. The summed E-state index contributed by atoms with van der Waals surface area (Å²) in [6, 6.07) is 10.4. The van der Waals surface area contributed by atoms with Gasteiger partial charge in [-0.15, -0.1) is 0 Å². The van der Waals surface area contributed by atoms with Crippen molar-refractivity contribution in [3.05, 3.63) is 42.5 Å². The molecule has 5 heteroatoms. The third-order valence-electron chi connectivity index (χ3n) is 3.22. The zero-order chi connectivity index (χ0) is 14.2. The molecule has 0 unspecified atom stereocenters. The van der Waals surface area contributed by atoms with Crippen molar-refractivity contribution >= 4 is 5.69 Å². The van der Waals surface area contributed by atoms with E-state index in [9.17, 15) is 0 Å². The molecule has 2 N–H and O–H groups in total. The summed E-state index contributed by atoms with van der Waals surface area (Å²) in [6.07, 6.45) is 3.67. The summed E-state index contributed by atoms with van der Waals surface area (Å²) in [5.41, 5.74) is 6.85. The summed E-state index contributed by atoms with van der Waals surface area (Å²) in [5.74, 6) is 1.01. The molecular formula is C15H23N5. The summed E-state index contributed by atoms with van der Waals surface area (Å²) < 4.78 is 1.98. The van der Waals surface area contributed by atoms with Crippen LogP contribution >= 0.6 is 0 Å². The first kappa shape index (κ1) is 14.5. The number of aromatic nitrogens is 3. The highest BCUT2D eigenvalue weighted by Gasteiger charge is 2.11. The quantitative estimate of drug-likeness (QED) is 0.799. The molecule has 0 atom stereocenters. The van der Waals surface area contributed by atoms with E-state index in [1.54, 1.807) is 6.33 Å². The van der Waals surface area contributed by atoms with Crippen LogP contribution in [0.2, 0.25) is 0 Å². The maximum absolute atomic E-state index is 5.65. The van der Waals surface area contributed by atoms with Gasteiger partial charge in [-0.1, -0.05) is 25.1 Å². The van der Waals surface area contributed by atoms with Crippen LogP contribution in [0.5, 0.6) is 0 Å². The minimum Gasteiger partial charge on any atom is -0.364 e. The fourth-order valence-corrected chi connectivity index (χ4v) is 2.20. The number of hydrogen-bond acceptors (Lipinski definition) is 4. The first-order valence-corrected chi connectivity index (χ1v) is 7.22. The second-order valence-electron chi connectivity index (χ2n) is 4.80. The molecule has 0 aliphatic carbocycles. The number of para-hydroxylation sites is 1. The molecule has 5 nitrogen and oxygen atoms in total. The van der Waals surface area contributed by atoms with Crippen molar-refractivity contribution < 1.29 is 0 Å². The van der Waals surface area contributed by atoms with Gasteiger partial charge in [-0.3, -0.25) is 0 Å². The summed E-state index contributed by atoms with van der Waals surface area (Å²) in [6.45, 7) is 5.46. The molecule has 0 saturated heterocycles. The van der Waals surface area contributed by atoms with E-state index in [0.717, 1.165) is 38.3 Å². The smallest absolute Gasteiger partial charge is 0.146 e. The maximum atomic E-state index is 5.65. The monoisotopic (exact) mass is 273 g/mol. The van der Waals surface area contributed by atoms with E-state index in [1.165, 1.54) is 5.69 Å². The first-order chi connectivity index (χ1) is 9.85. The van der Waals surface area contributed by atoms with Gasteiger partial charge >= 0.3 is 0 Å². The van der Waals surface area contributed by atoms with Crippen LogP contribution < -0.4 is 10.6 Å². The van der Waals surface area contributed by atoms with Crippen LogP contribution in [0.15, 0.2) is 36.7 Å². The average Bonchev–Trinajstić information content (AvgIpc) is 2.92. The predicted molar refractivity (Wildman–Crippen MR) is 81.5 cm³/mol. The van der Waals surface area contributed by atoms with Gasteiger partial charge in [0.2, 0.25) is 0 Å². The number of hydrogen-bond donors (Lipinski definition) is 1. The second-order valence-corrected chi connectivity index (χ2v) is 4.80. The molecule has 0 amide bonds. The summed E-state index contributed by atoms with van der Waals surface area (Å²) >= 11 is 0. The van der Waals surface area contributed by atoms with E-state index < -0.39 is 0 Å². The van der Waals surface area contributed by atoms with E-state index >= 15 is 0 Å². The topological polar surface area (TPSA) is 60.0 Å². The fourth-order valence-electron chi connectivity index (χ4n) is 2.20. The molecule has 0 aliphatic heterocycles. The molecule has 0 aliphatic rings. The minimum atomic E-state index is 0.699. The normalized spacial score (nSPS) is 10.7. The van der Waals surface area contributed by atoms with Gasteiger partial charge in [-0.2, -0.15) is 5.10 Å². The van der Waals surface area contributed by atoms with E-state index in [-0.39, 0.29) is 0 Å². The molecule has 0 radical (unpaired) electrons. The Bertz CT molecular complexity index is 494. The lowest BCUT2D eigenvalue weighted by Crippen LogP contribution is -2.27. The Hall–Kier alpha value is -1.88. The van der Waals surface area contributed by atoms with Crippen LogP contribution in [0.25, 0.3) is 0 Å². The van der Waals surface area contributed by atoms with Crippen LogP contribution in [0, 0.1) is 0 Å². The summed E-state index contributed by atoms with van der Waals surface area (Å²) in [5, 5.41) is 4.29. The van der Waals surface area contributed by atoms with Crippen molar-refractivity contribution in [1.82, 2.24) is 14.8 Å². The first-order valence-electron chi connectivity index (χ1n) is 7.22. The molecule has 0 spiro atoms. The van der Waals surface area contributed by atoms with Gasteiger partial charge in [0, 0.05) is 18.8 Å². The Kier molecular flexibility index (Phi) is 5.55. The third kappa shape index (κ3) is 3.81. The molecule has 2 aromatic rings. The molecule has 108 valence electrons. The zero-order valence-corrected chi connectivity index (χ0v) is 12.1. The third-order valence-corrected chi connectivity index (χ3v) is 3.22. The molecular weight excluding hydrogens is 250 g/mol. The van der Waals surface area contributed by atoms with Crippen molar-refractivity contribution in [3.8, 4) is 0 Å². The van der Waals surface area contributed by atoms with Gasteiger partial charge in [0.1, 0.15) is 12.2 Å². The Morgan fingerprint density at radius 3 is 2.75 bits per heavy atom. The van der Waals surface area contributed by atoms with Crippen molar-refractivity contribution in [2.45, 2.75) is 32.9 Å². The Morgan fingerprint density at radius 2 is 2.05 bits per heavy atom. The van der Waals surface area contributed by atoms with Gasteiger partial charge in [0.05, 0.1) is 6.54 Å². The Morgan fingerprint density at radius 1 is 1.25 bits per heavy atom. The summed E-state index contributed by atoms with van der Waals surface area (Å²) in [7, 11) is 0. The van der Waals surface area contributed by atoms with Crippen LogP contribution in [0.1, 0.15) is 25.6 Å². The van der Waals surface area contributed by atoms with Crippen LogP contribution in [0.4, 0.5) is 5.69 Å². The number of nitrogens with two attached hydrogens (primary N) is 1. The highest BCUT2D eigenvalue weighted by atomic mass is 15.3. The van der Waals surface area contributed by atoms with E-state index in [0.29, 0.717) is 6.54 Å².